The number of aldehydes is 1. The zero-order chi connectivity index (χ0) is 12.8. The number of hydrogen-bond acceptors (Lipinski definition) is 4. The molecule has 0 atom stereocenters. The number of carbonyl (C=O) groups is 2. The van der Waals surface area contributed by atoms with Crippen LogP contribution in [-0.2, 0) is 4.79 Å². The number of aromatic nitrogens is 2. The summed E-state index contributed by atoms with van der Waals surface area (Å²) >= 11 is 0. The number of amides is 1. The van der Waals surface area contributed by atoms with Gasteiger partial charge in [-0.25, -0.2) is 0 Å². The number of unbranched alkanes of at least 4 members (excludes halogenated alkanes) is 1. The van der Waals surface area contributed by atoms with Gasteiger partial charge in [0.1, 0.15) is 12.9 Å². The lowest BCUT2D eigenvalue weighted by molar-refractivity contribution is -0.108. The van der Waals surface area contributed by atoms with Crippen LogP contribution in [0.2, 0.25) is 0 Å². The van der Waals surface area contributed by atoms with E-state index >= 15 is 0 Å². The first-order valence-corrected chi connectivity index (χ1v) is 6.22. The molecule has 0 N–H and O–H groups in total. The summed E-state index contributed by atoms with van der Waals surface area (Å²) in [5.41, 5.74) is 0.548. The van der Waals surface area contributed by atoms with Gasteiger partial charge in [0.15, 0.2) is 0 Å². The van der Waals surface area contributed by atoms with Crippen molar-refractivity contribution in [3.8, 4) is 0 Å². The second-order valence-corrected chi connectivity index (χ2v) is 4.27. The molecule has 1 saturated heterocycles. The average molecular weight is 251 g/mol. The maximum absolute atomic E-state index is 12.0. The minimum Gasteiger partial charge on any atom is -0.397 e. The molecule has 2 rings (SSSR count). The van der Waals surface area contributed by atoms with Gasteiger partial charge in [0.25, 0.3) is 5.91 Å². The van der Waals surface area contributed by atoms with Crippen LogP contribution in [0.15, 0.2) is 12.4 Å². The van der Waals surface area contributed by atoms with Gasteiger partial charge in [0, 0.05) is 19.5 Å². The van der Waals surface area contributed by atoms with Gasteiger partial charge in [-0.2, -0.15) is 0 Å². The molecule has 0 bridgehead atoms. The molecule has 0 radical (unpaired) electrons. The van der Waals surface area contributed by atoms with Crippen LogP contribution in [0.1, 0.15) is 36.0 Å². The second kappa shape index (κ2) is 6.18. The topological polar surface area (TPSA) is 64.4 Å². The van der Waals surface area contributed by atoms with E-state index in [1.807, 2.05) is 4.90 Å². The standard InChI is InChI=1S/C12H17N3O3/c16-7-3-4-8-18-15-10-11(9-13-15)12(17)14-5-1-2-6-14/h7,9-10H,1-6,8H2. The number of carbonyl (C=O) groups excluding carboxylic acids is 2. The molecule has 1 amide bonds. The lowest BCUT2D eigenvalue weighted by atomic mass is 10.3. The van der Waals surface area contributed by atoms with Crippen molar-refractivity contribution >= 4 is 12.2 Å². The Morgan fingerprint density at radius 1 is 1.44 bits per heavy atom. The summed E-state index contributed by atoms with van der Waals surface area (Å²) in [5.74, 6) is 0.00948. The summed E-state index contributed by atoms with van der Waals surface area (Å²) in [5, 5.41) is 3.96. The van der Waals surface area contributed by atoms with Gasteiger partial charge >= 0.3 is 0 Å². The predicted octanol–water partition coefficient (Wildman–Crippen LogP) is 0.527. The maximum atomic E-state index is 12.0. The summed E-state index contributed by atoms with van der Waals surface area (Å²) in [6, 6.07) is 0. The van der Waals surface area contributed by atoms with Crippen LogP contribution in [-0.4, -0.2) is 46.7 Å². The molecule has 1 aromatic heterocycles. The van der Waals surface area contributed by atoms with Crippen molar-refractivity contribution in [1.82, 2.24) is 14.8 Å². The van der Waals surface area contributed by atoms with Crippen LogP contribution in [0, 0.1) is 0 Å². The highest BCUT2D eigenvalue weighted by Gasteiger charge is 2.20. The highest BCUT2D eigenvalue weighted by molar-refractivity contribution is 5.93. The Kier molecular flexibility index (Phi) is 4.33. The molecule has 6 heteroatoms. The maximum Gasteiger partial charge on any atom is 0.257 e. The Hall–Kier alpha value is -1.85. The molecule has 0 aliphatic carbocycles. The van der Waals surface area contributed by atoms with Crippen molar-refractivity contribution in [2.45, 2.75) is 25.7 Å². The van der Waals surface area contributed by atoms with Crippen molar-refractivity contribution < 1.29 is 14.4 Å². The molecule has 18 heavy (non-hydrogen) atoms. The first-order valence-electron chi connectivity index (χ1n) is 6.22. The van der Waals surface area contributed by atoms with E-state index in [2.05, 4.69) is 5.10 Å². The Morgan fingerprint density at radius 2 is 2.22 bits per heavy atom. The van der Waals surface area contributed by atoms with Crippen LogP contribution >= 0.6 is 0 Å². The van der Waals surface area contributed by atoms with Gasteiger partial charge in [-0.15, -0.1) is 9.94 Å². The monoisotopic (exact) mass is 251 g/mol. The molecule has 1 aliphatic heterocycles. The molecule has 0 unspecified atom stereocenters. The third-order valence-electron chi connectivity index (χ3n) is 2.89. The summed E-state index contributed by atoms with van der Waals surface area (Å²) in [6.07, 6.45) is 7.22. The molecule has 1 aliphatic rings. The van der Waals surface area contributed by atoms with Gasteiger partial charge in [0.2, 0.25) is 0 Å². The Labute approximate surface area is 105 Å². The molecular formula is C12H17N3O3. The van der Waals surface area contributed by atoms with Gasteiger partial charge < -0.3 is 14.5 Å². The molecule has 2 heterocycles. The van der Waals surface area contributed by atoms with E-state index in [1.54, 1.807) is 6.20 Å². The van der Waals surface area contributed by atoms with Crippen molar-refractivity contribution in [1.29, 1.82) is 0 Å². The van der Waals surface area contributed by atoms with Crippen molar-refractivity contribution in [2.75, 3.05) is 19.7 Å². The third-order valence-corrected chi connectivity index (χ3v) is 2.89. The molecular weight excluding hydrogens is 234 g/mol. The number of hydrogen-bond donors (Lipinski definition) is 0. The zero-order valence-electron chi connectivity index (χ0n) is 10.2. The molecule has 98 valence electrons. The summed E-state index contributed by atoms with van der Waals surface area (Å²) in [4.78, 5) is 30.5. The van der Waals surface area contributed by atoms with Crippen LogP contribution in [0.5, 0.6) is 0 Å². The van der Waals surface area contributed by atoms with E-state index in [-0.39, 0.29) is 5.91 Å². The fourth-order valence-electron chi connectivity index (χ4n) is 1.91. The Balaban J connectivity index is 1.85. The van der Waals surface area contributed by atoms with E-state index in [0.29, 0.717) is 25.0 Å². The normalized spacial score (nSPS) is 14.8. The smallest absolute Gasteiger partial charge is 0.257 e. The van der Waals surface area contributed by atoms with Gasteiger partial charge in [0.05, 0.1) is 18.0 Å². The zero-order valence-corrected chi connectivity index (χ0v) is 10.2. The van der Waals surface area contributed by atoms with Crippen LogP contribution < -0.4 is 4.84 Å². The van der Waals surface area contributed by atoms with Gasteiger partial charge in [-0.05, 0) is 19.3 Å². The van der Waals surface area contributed by atoms with Gasteiger partial charge in [-0.3, -0.25) is 4.79 Å². The minimum atomic E-state index is 0.00948. The van der Waals surface area contributed by atoms with Crippen molar-refractivity contribution in [3.05, 3.63) is 18.0 Å². The van der Waals surface area contributed by atoms with E-state index in [0.717, 1.165) is 32.2 Å². The Morgan fingerprint density at radius 3 is 2.94 bits per heavy atom. The Bertz CT molecular complexity index is 410. The fraction of sp³-hybridized carbons (Fsp3) is 0.583. The first-order chi connectivity index (χ1) is 8.81. The number of likely N-dealkylation sites (tertiary alicyclic amines) is 1. The van der Waals surface area contributed by atoms with Crippen molar-refractivity contribution in [3.63, 3.8) is 0 Å². The quantitative estimate of drug-likeness (QED) is 0.546. The summed E-state index contributed by atoms with van der Waals surface area (Å²) in [7, 11) is 0. The lowest BCUT2D eigenvalue weighted by Gasteiger charge is -2.13. The summed E-state index contributed by atoms with van der Waals surface area (Å²) < 4.78 is 0. The highest BCUT2D eigenvalue weighted by atomic mass is 16.7. The van der Waals surface area contributed by atoms with Crippen molar-refractivity contribution in [2.24, 2.45) is 0 Å². The van der Waals surface area contributed by atoms with E-state index < -0.39 is 0 Å². The average Bonchev–Trinajstić information content (AvgIpc) is 3.05. The minimum absolute atomic E-state index is 0.00948. The van der Waals surface area contributed by atoms with Crippen LogP contribution in [0.4, 0.5) is 0 Å². The van der Waals surface area contributed by atoms with E-state index in [4.69, 9.17) is 4.84 Å². The highest BCUT2D eigenvalue weighted by Crippen LogP contribution is 2.11. The molecule has 1 fully saturated rings. The molecule has 6 nitrogen and oxygen atoms in total. The molecule has 0 spiro atoms. The largest absolute Gasteiger partial charge is 0.397 e. The summed E-state index contributed by atoms with van der Waals surface area (Å²) in [6.45, 7) is 2.06. The molecule has 0 aromatic carbocycles. The predicted molar refractivity (Wildman–Crippen MR) is 64.1 cm³/mol. The molecule has 1 aromatic rings. The lowest BCUT2D eigenvalue weighted by Crippen LogP contribution is -2.27. The van der Waals surface area contributed by atoms with E-state index in [1.165, 1.54) is 11.0 Å². The van der Waals surface area contributed by atoms with Crippen LogP contribution in [0.25, 0.3) is 0 Å². The SMILES string of the molecule is O=CCCCOn1cc(C(=O)N2CCCC2)cn1. The second-order valence-electron chi connectivity index (χ2n) is 4.27. The fourth-order valence-corrected chi connectivity index (χ4v) is 1.91. The van der Waals surface area contributed by atoms with E-state index in [9.17, 15) is 9.59 Å². The number of rotatable bonds is 6. The third kappa shape index (κ3) is 3.09. The van der Waals surface area contributed by atoms with Gasteiger partial charge in [-0.1, -0.05) is 0 Å². The first kappa shape index (κ1) is 12.6. The molecule has 0 saturated carbocycles. The number of nitrogens with zero attached hydrogens (tertiary/aromatic N) is 3. The van der Waals surface area contributed by atoms with Crippen LogP contribution in [0.3, 0.4) is 0 Å².